The lowest BCUT2D eigenvalue weighted by molar-refractivity contribution is 0.417. The van der Waals surface area contributed by atoms with E-state index in [2.05, 4.69) is 55.1 Å². The van der Waals surface area contributed by atoms with Gasteiger partial charge in [0, 0.05) is 19.3 Å². The van der Waals surface area contributed by atoms with Crippen molar-refractivity contribution in [2.45, 2.75) is 53.6 Å². The summed E-state index contributed by atoms with van der Waals surface area (Å²) in [6, 6.07) is 2.12. The highest BCUT2D eigenvalue weighted by Crippen LogP contribution is 2.08. The third-order valence-corrected chi connectivity index (χ3v) is 2.83. The molecule has 17 heavy (non-hydrogen) atoms. The van der Waals surface area contributed by atoms with Crippen LogP contribution in [0, 0.1) is 11.8 Å². The zero-order valence-electron chi connectivity index (χ0n) is 11.7. The first-order chi connectivity index (χ1) is 8.11. The number of aromatic nitrogens is 2. The SMILES string of the molecule is CCCC(C)Cn1ccc(CNCC(C)C)n1. The van der Waals surface area contributed by atoms with E-state index >= 15 is 0 Å². The molecule has 0 aliphatic rings. The molecule has 1 atom stereocenters. The minimum absolute atomic E-state index is 0.696. The van der Waals surface area contributed by atoms with E-state index in [1.807, 2.05) is 0 Å². The van der Waals surface area contributed by atoms with E-state index in [0.717, 1.165) is 31.2 Å². The van der Waals surface area contributed by atoms with E-state index in [4.69, 9.17) is 0 Å². The van der Waals surface area contributed by atoms with Gasteiger partial charge < -0.3 is 5.32 Å². The van der Waals surface area contributed by atoms with Crippen molar-refractivity contribution in [2.24, 2.45) is 11.8 Å². The number of hydrogen-bond acceptors (Lipinski definition) is 2. The van der Waals surface area contributed by atoms with Crippen LogP contribution in [0.2, 0.25) is 0 Å². The predicted octanol–water partition coefficient (Wildman–Crippen LogP) is 3.06. The quantitative estimate of drug-likeness (QED) is 0.753. The van der Waals surface area contributed by atoms with Gasteiger partial charge in [0.1, 0.15) is 0 Å². The topological polar surface area (TPSA) is 29.9 Å². The summed E-state index contributed by atoms with van der Waals surface area (Å²) >= 11 is 0. The van der Waals surface area contributed by atoms with Gasteiger partial charge in [0.15, 0.2) is 0 Å². The molecule has 0 bridgehead atoms. The molecule has 1 rings (SSSR count). The van der Waals surface area contributed by atoms with Gasteiger partial charge in [-0.25, -0.2) is 0 Å². The highest BCUT2D eigenvalue weighted by molar-refractivity contribution is 4.98. The Kier molecular flexibility index (Phi) is 6.27. The molecule has 1 unspecified atom stereocenters. The summed E-state index contributed by atoms with van der Waals surface area (Å²) in [5, 5.41) is 8.00. The Morgan fingerprint density at radius 2 is 2.12 bits per heavy atom. The molecule has 1 aromatic heterocycles. The Morgan fingerprint density at radius 1 is 1.35 bits per heavy atom. The first-order valence-electron chi connectivity index (χ1n) is 6.84. The zero-order valence-corrected chi connectivity index (χ0v) is 11.7. The summed E-state index contributed by atoms with van der Waals surface area (Å²) in [5.41, 5.74) is 1.15. The highest BCUT2D eigenvalue weighted by Gasteiger charge is 2.04. The molecule has 98 valence electrons. The summed E-state index contributed by atoms with van der Waals surface area (Å²) in [5.74, 6) is 1.41. The summed E-state index contributed by atoms with van der Waals surface area (Å²) in [6.07, 6.45) is 4.63. The summed E-state index contributed by atoms with van der Waals surface area (Å²) in [4.78, 5) is 0. The molecule has 0 aromatic carbocycles. The lowest BCUT2D eigenvalue weighted by Gasteiger charge is -2.09. The third-order valence-electron chi connectivity index (χ3n) is 2.83. The lowest BCUT2D eigenvalue weighted by atomic mass is 10.1. The average molecular weight is 237 g/mol. The van der Waals surface area contributed by atoms with E-state index in [0.29, 0.717) is 5.92 Å². The predicted molar refractivity (Wildman–Crippen MR) is 72.8 cm³/mol. The third kappa shape index (κ3) is 5.87. The standard InChI is InChI=1S/C14H27N3/c1-5-6-13(4)11-17-8-7-14(16-17)10-15-9-12(2)3/h7-8,12-13,15H,5-6,9-11H2,1-4H3. The number of nitrogens with one attached hydrogen (secondary N) is 1. The van der Waals surface area contributed by atoms with Gasteiger partial charge in [-0.3, -0.25) is 4.68 Å². The molecule has 0 spiro atoms. The first kappa shape index (κ1) is 14.2. The first-order valence-corrected chi connectivity index (χ1v) is 6.84. The molecule has 3 nitrogen and oxygen atoms in total. The van der Waals surface area contributed by atoms with E-state index in [1.165, 1.54) is 12.8 Å². The Morgan fingerprint density at radius 3 is 2.76 bits per heavy atom. The molecule has 0 saturated carbocycles. The van der Waals surface area contributed by atoms with E-state index in [1.54, 1.807) is 0 Å². The smallest absolute Gasteiger partial charge is 0.0762 e. The molecule has 0 saturated heterocycles. The van der Waals surface area contributed by atoms with Crippen molar-refractivity contribution in [3.05, 3.63) is 18.0 Å². The van der Waals surface area contributed by atoms with Crippen molar-refractivity contribution < 1.29 is 0 Å². The van der Waals surface area contributed by atoms with Gasteiger partial charge in [-0.1, -0.05) is 34.1 Å². The van der Waals surface area contributed by atoms with Crippen LogP contribution < -0.4 is 5.32 Å². The molecular weight excluding hydrogens is 210 g/mol. The fraction of sp³-hybridized carbons (Fsp3) is 0.786. The van der Waals surface area contributed by atoms with Gasteiger partial charge in [0.25, 0.3) is 0 Å². The second kappa shape index (κ2) is 7.49. The summed E-state index contributed by atoms with van der Waals surface area (Å²) in [7, 11) is 0. The fourth-order valence-electron chi connectivity index (χ4n) is 1.99. The molecule has 1 aromatic rings. The minimum atomic E-state index is 0.696. The Bertz CT molecular complexity index is 304. The van der Waals surface area contributed by atoms with E-state index in [-0.39, 0.29) is 0 Å². The van der Waals surface area contributed by atoms with Gasteiger partial charge in [-0.05, 0) is 30.9 Å². The number of rotatable bonds is 8. The Hall–Kier alpha value is -0.830. The van der Waals surface area contributed by atoms with Crippen LogP contribution in [0.25, 0.3) is 0 Å². The summed E-state index contributed by atoms with van der Waals surface area (Å²) in [6.45, 7) is 11.9. The normalized spacial score (nSPS) is 13.2. The Labute approximate surface area is 106 Å². The second-order valence-electron chi connectivity index (χ2n) is 5.45. The molecule has 1 N–H and O–H groups in total. The maximum Gasteiger partial charge on any atom is 0.0762 e. The van der Waals surface area contributed by atoms with Crippen LogP contribution in [-0.4, -0.2) is 16.3 Å². The molecule has 0 amide bonds. The van der Waals surface area contributed by atoms with Crippen LogP contribution in [0.15, 0.2) is 12.3 Å². The molecule has 0 fully saturated rings. The van der Waals surface area contributed by atoms with Gasteiger partial charge >= 0.3 is 0 Å². The molecule has 1 heterocycles. The maximum absolute atomic E-state index is 4.58. The second-order valence-corrected chi connectivity index (χ2v) is 5.45. The number of hydrogen-bond donors (Lipinski definition) is 1. The van der Waals surface area contributed by atoms with Crippen LogP contribution in [0.5, 0.6) is 0 Å². The van der Waals surface area contributed by atoms with Crippen molar-refractivity contribution in [2.75, 3.05) is 6.54 Å². The molecule has 0 aliphatic heterocycles. The molecule has 0 aliphatic carbocycles. The van der Waals surface area contributed by atoms with E-state index in [9.17, 15) is 0 Å². The van der Waals surface area contributed by atoms with Crippen LogP contribution >= 0.6 is 0 Å². The van der Waals surface area contributed by atoms with Crippen LogP contribution in [0.4, 0.5) is 0 Å². The van der Waals surface area contributed by atoms with Gasteiger partial charge in [-0.2, -0.15) is 5.10 Å². The van der Waals surface area contributed by atoms with Crippen LogP contribution in [-0.2, 0) is 13.1 Å². The van der Waals surface area contributed by atoms with Crippen molar-refractivity contribution >= 4 is 0 Å². The van der Waals surface area contributed by atoms with Crippen LogP contribution in [0.1, 0.15) is 46.2 Å². The molecule has 3 heteroatoms. The van der Waals surface area contributed by atoms with Gasteiger partial charge in [0.2, 0.25) is 0 Å². The lowest BCUT2D eigenvalue weighted by Crippen LogP contribution is -2.19. The largest absolute Gasteiger partial charge is 0.311 e. The Balaban J connectivity index is 2.32. The number of nitrogens with zero attached hydrogens (tertiary/aromatic N) is 2. The fourth-order valence-corrected chi connectivity index (χ4v) is 1.99. The minimum Gasteiger partial charge on any atom is -0.311 e. The average Bonchev–Trinajstić information content (AvgIpc) is 2.65. The zero-order chi connectivity index (χ0) is 12.7. The summed E-state index contributed by atoms with van der Waals surface area (Å²) < 4.78 is 2.08. The van der Waals surface area contributed by atoms with Crippen molar-refractivity contribution in [1.82, 2.24) is 15.1 Å². The van der Waals surface area contributed by atoms with Crippen LogP contribution in [0.3, 0.4) is 0 Å². The highest BCUT2D eigenvalue weighted by atomic mass is 15.3. The molecular formula is C14H27N3. The van der Waals surface area contributed by atoms with Crippen molar-refractivity contribution in [1.29, 1.82) is 0 Å². The van der Waals surface area contributed by atoms with E-state index < -0.39 is 0 Å². The van der Waals surface area contributed by atoms with Gasteiger partial charge in [-0.15, -0.1) is 0 Å². The van der Waals surface area contributed by atoms with Crippen molar-refractivity contribution in [3.8, 4) is 0 Å². The maximum atomic E-state index is 4.58. The van der Waals surface area contributed by atoms with Crippen molar-refractivity contribution in [3.63, 3.8) is 0 Å². The monoisotopic (exact) mass is 237 g/mol. The molecule has 0 radical (unpaired) electrons. The van der Waals surface area contributed by atoms with Gasteiger partial charge in [0.05, 0.1) is 5.69 Å².